The topological polar surface area (TPSA) is 81.3 Å². The lowest BCUT2D eigenvalue weighted by Crippen LogP contribution is -2.20. The summed E-state index contributed by atoms with van der Waals surface area (Å²) in [4.78, 5) is 25.0. The van der Waals surface area contributed by atoms with E-state index in [9.17, 15) is 14.0 Å². The van der Waals surface area contributed by atoms with Gasteiger partial charge in [0.2, 0.25) is 11.6 Å². The van der Waals surface area contributed by atoms with Crippen LogP contribution in [0.3, 0.4) is 0 Å². The molecule has 0 bridgehead atoms. The molecule has 0 radical (unpaired) electrons. The van der Waals surface area contributed by atoms with E-state index in [0.717, 1.165) is 16.8 Å². The third-order valence-corrected chi connectivity index (χ3v) is 4.99. The number of hydrogen-bond acceptors (Lipinski definition) is 4. The number of amides is 1. The van der Waals surface area contributed by atoms with E-state index in [1.54, 1.807) is 22.9 Å². The van der Waals surface area contributed by atoms with E-state index in [1.807, 2.05) is 32.0 Å². The first-order chi connectivity index (χ1) is 14.4. The van der Waals surface area contributed by atoms with Crippen molar-refractivity contribution in [3.63, 3.8) is 0 Å². The van der Waals surface area contributed by atoms with Gasteiger partial charge in [0.25, 0.3) is 0 Å². The van der Waals surface area contributed by atoms with Crippen molar-refractivity contribution >= 4 is 17.2 Å². The Labute approximate surface area is 171 Å². The zero-order valence-electron chi connectivity index (χ0n) is 16.6. The number of hydrogen-bond donors (Lipinski definition) is 1. The number of carbonyl (C=O) groups is 1. The second-order valence-corrected chi connectivity index (χ2v) is 7.11. The summed E-state index contributed by atoms with van der Waals surface area (Å²) in [6.45, 7) is 4.01. The van der Waals surface area contributed by atoms with E-state index in [0.29, 0.717) is 11.5 Å². The average Bonchev–Trinajstić information content (AvgIpc) is 3.13. The van der Waals surface area contributed by atoms with Crippen LogP contribution in [0.1, 0.15) is 23.4 Å². The van der Waals surface area contributed by atoms with E-state index in [4.69, 9.17) is 0 Å². The monoisotopic (exact) mass is 405 g/mol. The first kappa shape index (κ1) is 19.5. The molecule has 0 unspecified atom stereocenters. The molecule has 0 aliphatic heterocycles. The Morgan fingerprint density at radius 2 is 1.90 bits per heavy atom. The van der Waals surface area contributed by atoms with Crippen LogP contribution < -0.4 is 10.9 Å². The molecule has 0 atom stereocenters. The SMILES string of the molecule is Cc1ccc(-n2ccn3c(CCC(=O)Nc4cccc(F)c4)nnc3c2=O)cc1C. The minimum atomic E-state index is -0.420. The van der Waals surface area contributed by atoms with Gasteiger partial charge in [-0.2, -0.15) is 0 Å². The predicted molar refractivity (Wildman–Crippen MR) is 111 cm³/mol. The van der Waals surface area contributed by atoms with Crippen LogP contribution in [0.4, 0.5) is 10.1 Å². The van der Waals surface area contributed by atoms with Gasteiger partial charge in [-0.25, -0.2) is 4.39 Å². The van der Waals surface area contributed by atoms with Gasteiger partial charge in [-0.3, -0.25) is 18.6 Å². The van der Waals surface area contributed by atoms with Gasteiger partial charge in [0.15, 0.2) is 0 Å². The zero-order valence-corrected chi connectivity index (χ0v) is 16.6. The van der Waals surface area contributed by atoms with Crippen molar-refractivity contribution < 1.29 is 9.18 Å². The molecule has 152 valence electrons. The molecule has 8 heteroatoms. The number of nitrogens with one attached hydrogen (secondary N) is 1. The molecule has 2 aromatic carbocycles. The summed E-state index contributed by atoms with van der Waals surface area (Å²) in [6.07, 6.45) is 3.79. The van der Waals surface area contributed by atoms with Gasteiger partial charge in [-0.15, -0.1) is 10.2 Å². The summed E-state index contributed by atoms with van der Waals surface area (Å²) < 4.78 is 16.3. The van der Waals surface area contributed by atoms with E-state index in [2.05, 4.69) is 15.5 Å². The fraction of sp³-hybridized carbons (Fsp3) is 0.182. The highest BCUT2D eigenvalue weighted by atomic mass is 19.1. The number of aryl methyl sites for hydroxylation is 3. The average molecular weight is 405 g/mol. The second kappa shape index (κ2) is 7.90. The standard InChI is InChI=1S/C22H20FN5O2/c1-14-6-7-18(12-15(14)2)27-10-11-28-19(25-26-21(28)22(27)30)8-9-20(29)24-17-5-3-4-16(23)13-17/h3-7,10-13H,8-9H2,1-2H3,(H,24,29). The van der Waals surface area contributed by atoms with Gasteiger partial charge in [0.1, 0.15) is 11.6 Å². The maximum atomic E-state index is 13.2. The largest absolute Gasteiger partial charge is 0.326 e. The van der Waals surface area contributed by atoms with E-state index in [1.165, 1.54) is 22.8 Å². The summed E-state index contributed by atoms with van der Waals surface area (Å²) >= 11 is 0. The van der Waals surface area contributed by atoms with Crippen LogP contribution >= 0.6 is 0 Å². The van der Waals surface area contributed by atoms with Gasteiger partial charge in [0.05, 0.1) is 0 Å². The first-order valence-electron chi connectivity index (χ1n) is 9.51. The third-order valence-electron chi connectivity index (χ3n) is 4.99. The lowest BCUT2D eigenvalue weighted by Gasteiger charge is -2.09. The number of rotatable bonds is 5. The van der Waals surface area contributed by atoms with Crippen LogP contribution in [0.2, 0.25) is 0 Å². The van der Waals surface area contributed by atoms with Crippen molar-refractivity contribution in [1.29, 1.82) is 0 Å². The van der Waals surface area contributed by atoms with E-state index in [-0.39, 0.29) is 30.0 Å². The molecule has 0 spiro atoms. The molecule has 2 aromatic heterocycles. The first-order valence-corrected chi connectivity index (χ1v) is 9.51. The summed E-state index contributed by atoms with van der Waals surface area (Å²) in [5, 5.41) is 10.7. The molecule has 4 aromatic rings. The van der Waals surface area contributed by atoms with Crippen LogP contribution in [-0.2, 0) is 11.2 Å². The molecular formula is C22H20FN5O2. The van der Waals surface area contributed by atoms with Crippen molar-refractivity contribution in [3.8, 4) is 5.69 Å². The van der Waals surface area contributed by atoms with E-state index < -0.39 is 5.82 Å². The summed E-state index contributed by atoms with van der Waals surface area (Å²) in [7, 11) is 0. The number of fused-ring (bicyclic) bond motifs is 1. The molecular weight excluding hydrogens is 385 g/mol. The lowest BCUT2D eigenvalue weighted by molar-refractivity contribution is -0.116. The molecule has 0 aliphatic rings. The highest BCUT2D eigenvalue weighted by molar-refractivity contribution is 5.90. The van der Waals surface area contributed by atoms with Crippen molar-refractivity contribution in [3.05, 3.63) is 88.0 Å². The maximum Gasteiger partial charge on any atom is 0.300 e. The van der Waals surface area contributed by atoms with Gasteiger partial charge in [0, 0.05) is 36.6 Å². The molecule has 0 aliphatic carbocycles. The fourth-order valence-electron chi connectivity index (χ4n) is 3.20. The highest BCUT2D eigenvalue weighted by Gasteiger charge is 2.13. The van der Waals surface area contributed by atoms with Gasteiger partial charge < -0.3 is 5.32 Å². The Balaban J connectivity index is 1.53. The van der Waals surface area contributed by atoms with Crippen LogP contribution in [0, 0.1) is 19.7 Å². The minimum Gasteiger partial charge on any atom is -0.326 e. The smallest absolute Gasteiger partial charge is 0.300 e. The Kier molecular flexibility index (Phi) is 5.14. The van der Waals surface area contributed by atoms with E-state index >= 15 is 0 Å². The Morgan fingerprint density at radius 3 is 2.67 bits per heavy atom. The van der Waals surface area contributed by atoms with Crippen LogP contribution in [0.25, 0.3) is 11.3 Å². The van der Waals surface area contributed by atoms with Gasteiger partial charge in [-0.05, 0) is 55.3 Å². The number of carbonyl (C=O) groups excluding carboxylic acids is 1. The molecule has 1 N–H and O–H groups in total. The lowest BCUT2D eigenvalue weighted by atomic mass is 10.1. The summed E-state index contributed by atoms with van der Waals surface area (Å²) in [6, 6.07) is 11.5. The number of benzene rings is 2. The normalized spacial score (nSPS) is 11.0. The molecule has 7 nitrogen and oxygen atoms in total. The molecule has 4 rings (SSSR count). The van der Waals surface area contributed by atoms with Crippen molar-refractivity contribution in [1.82, 2.24) is 19.2 Å². The highest BCUT2D eigenvalue weighted by Crippen LogP contribution is 2.14. The third kappa shape index (κ3) is 3.84. The predicted octanol–water partition coefficient (Wildman–Crippen LogP) is 3.21. The van der Waals surface area contributed by atoms with Crippen molar-refractivity contribution in [2.45, 2.75) is 26.7 Å². The zero-order chi connectivity index (χ0) is 21.3. The Bertz CT molecular complexity index is 1310. The van der Waals surface area contributed by atoms with Crippen LogP contribution in [0.15, 0.2) is 59.7 Å². The molecule has 30 heavy (non-hydrogen) atoms. The Hall–Kier alpha value is -3.81. The van der Waals surface area contributed by atoms with Crippen LogP contribution in [-0.4, -0.2) is 25.1 Å². The molecule has 0 saturated heterocycles. The molecule has 0 saturated carbocycles. The number of anilines is 1. The second-order valence-electron chi connectivity index (χ2n) is 7.11. The minimum absolute atomic E-state index is 0.123. The number of aromatic nitrogens is 4. The molecule has 0 fully saturated rings. The number of halogens is 1. The summed E-state index contributed by atoms with van der Waals surface area (Å²) in [5.74, 6) is -0.194. The van der Waals surface area contributed by atoms with Gasteiger partial charge >= 0.3 is 5.56 Å². The summed E-state index contributed by atoms with van der Waals surface area (Å²) in [5.41, 5.74) is 3.28. The van der Waals surface area contributed by atoms with Crippen molar-refractivity contribution in [2.24, 2.45) is 0 Å². The van der Waals surface area contributed by atoms with Crippen molar-refractivity contribution in [2.75, 3.05) is 5.32 Å². The quantitative estimate of drug-likeness (QED) is 0.553. The fourth-order valence-corrected chi connectivity index (χ4v) is 3.20. The van der Waals surface area contributed by atoms with Crippen LogP contribution in [0.5, 0.6) is 0 Å². The molecule has 1 amide bonds. The maximum absolute atomic E-state index is 13.2. The Morgan fingerprint density at radius 1 is 1.07 bits per heavy atom. The number of nitrogens with zero attached hydrogens (tertiary/aromatic N) is 4. The van der Waals surface area contributed by atoms with Gasteiger partial charge in [-0.1, -0.05) is 12.1 Å². The molecule has 2 heterocycles.